The van der Waals surface area contributed by atoms with Crippen LogP contribution < -0.4 is 0 Å². The van der Waals surface area contributed by atoms with E-state index in [0.29, 0.717) is 5.92 Å². The molecule has 1 saturated carbocycles. The molecule has 0 aromatic rings. The Kier molecular flexibility index (Phi) is 4.04. The Labute approximate surface area is 128 Å². The summed E-state index contributed by atoms with van der Waals surface area (Å²) in [4.78, 5) is 14.4. The third kappa shape index (κ3) is 2.98. The largest absolute Gasteiger partial charge is 0.459 e. The molecule has 4 heteroatoms. The van der Waals surface area contributed by atoms with Crippen molar-refractivity contribution in [2.75, 3.05) is 20.6 Å². The fourth-order valence-corrected chi connectivity index (χ4v) is 4.26. The number of epoxide rings is 1. The number of esters is 1. The molecule has 0 bridgehead atoms. The molecule has 1 unspecified atom stereocenters. The second kappa shape index (κ2) is 5.54. The Balaban J connectivity index is 1.79. The molecule has 3 aliphatic rings. The van der Waals surface area contributed by atoms with Crippen LogP contribution in [0.4, 0.5) is 0 Å². The maximum Gasteiger partial charge on any atom is 0.311 e. The van der Waals surface area contributed by atoms with Gasteiger partial charge in [-0.25, -0.2) is 0 Å². The van der Waals surface area contributed by atoms with Crippen LogP contribution in [0, 0.1) is 17.8 Å². The van der Waals surface area contributed by atoms with Crippen LogP contribution >= 0.6 is 0 Å². The molecule has 2 aliphatic heterocycles. The third-order valence-electron chi connectivity index (χ3n) is 5.66. The maximum atomic E-state index is 12.3. The molecule has 6 atom stereocenters. The molecule has 0 N–H and O–H groups in total. The number of rotatable bonds is 2. The predicted octanol–water partition coefficient (Wildman–Crippen LogP) is 2.46. The van der Waals surface area contributed by atoms with E-state index in [0.717, 1.165) is 25.3 Å². The van der Waals surface area contributed by atoms with Crippen LogP contribution in [0.3, 0.4) is 0 Å². The van der Waals surface area contributed by atoms with Crippen LogP contribution in [0.15, 0.2) is 0 Å². The summed E-state index contributed by atoms with van der Waals surface area (Å²) in [7, 11) is 4.06. The van der Waals surface area contributed by atoms with Crippen molar-refractivity contribution in [2.24, 2.45) is 17.8 Å². The van der Waals surface area contributed by atoms with Crippen molar-refractivity contribution in [1.82, 2.24) is 4.90 Å². The number of nitrogens with zero attached hydrogens (tertiary/aromatic N) is 1. The van der Waals surface area contributed by atoms with Crippen LogP contribution in [-0.4, -0.2) is 49.3 Å². The van der Waals surface area contributed by atoms with E-state index >= 15 is 0 Å². The van der Waals surface area contributed by atoms with E-state index in [-0.39, 0.29) is 29.7 Å². The van der Waals surface area contributed by atoms with Crippen LogP contribution in [0.1, 0.15) is 46.0 Å². The summed E-state index contributed by atoms with van der Waals surface area (Å²) in [6, 6.07) is 0. The Morgan fingerprint density at radius 3 is 2.76 bits per heavy atom. The van der Waals surface area contributed by atoms with Crippen molar-refractivity contribution in [1.29, 1.82) is 0 Å². The molecule has 0 aromatic carbocycles. The van der Waals surface area contributed by atoms with Gasteiger partial charge in [-0.3, -0.25) is 4.79 Å². The first-order chi connectivity index (χ1) is 9.90. The van der Waals surface area contributed by atoms with Gasteiger partial charge in [0.2, 0.25) is 0 Å². The lowest BCUT2D eigenvalue weighted by Gasteiger charge is -2.25. The minimum Gasteiger partial charge on any atom is -0.459 e. The fourth-order valence-electron chi connectivity index (χ4n) is 4.26. The summed E-state index contributed by atoms with van der Waals surface area (Å²) in [6.07, 6.45) is 6.00. The summed E-state index contributed by atoms with van der Waals surface area (Å²) in [5, 5.41) is 0. The van der Waals surface area contributed by atoms with E-state index in [4.69, 9.17) is 9.47 Å². The van der Waals surface area contributed by atoms with Gasteiger partial charge in [-0.15, -0.1) is 0 Å². The third-order valence-corrected chi connectivity index (χ3v) is 5.66. The van der Waals surface area contributed by atoms with E-state index in [2.05, 4.69) is 18.7 Å². The van der Waals surface area contributed by atoms with Gasteiger partial charge in [0.15, 0.2) is 0 Å². The van der Waals surface area contributed by atoms with Gasteiger partial charge in [0.1, 0.15) is 12.2 Å². The lowest BCUT2D eigenvalue weighted by Crippen LogP contribution is -2.34. The first kappa shape index (κ1) is 15.3. The average molecular weight is 295 g/mol. The van der Waals surface area contributed by atoms with Gasteiger partial charge in [0.25, 0.3) is 0 Å². The quantitative estimate of drug-likeness (QED) is 0.580. The molecule has 3 fully saturated rings. The molecule has 2 saturated heterocycles. The Morgan fingerprint density at radius 2 is 2.05 bits per heavy atom. The molecular weight excluding hydrogens is 266 g/mol. The molecule has 2 heterocycles. The van der Waals surface area contributed by atoms with E-state index < -0.39 is 0 Å². The highest BCUT2D eigenvalue weighted by atomic mass is 16.6. The smallest absolute Gasteiger partial charge is 0.311 e. The minimum atomic E-state index is -0.0484. The van der Waals surface area contributed by atoms with Gasteiger partial charge in [-0.2, -0.15) is 0 Å². The highest BCUT2D eigenvalue weighted by molar-refractivity contribution is 5.75. The van der Waals surface area contributed by atoms with Gasteiger partial charge >= 0.3 is 5.97 Å². The van der Waals surface area contributed by atoms with Gasteiger partial charge < -0.3 is 14.4 Å². The van der Waals surface area contributed by atoms with Crippen molar-refractivity contribution in [2.45, 2.75) is 63.8 Å². The van der Waals surface area contributed by atoms with Crippen LogP contribution in [0.5, 0.6) is 0 Å². The number of carbonyl (C=O) groups is 1. The number of hydrogen-bond donors (Lipinski definition) is 0. The number of carbonyl (C=O) groups excluding carboxylic acids is 1. The number of hydrogen-bond acceptors (Lipinski definition) is 4. The van der Waals surface area contributed by atoms with E-state index in [9.17, 15) is 4.79 Å². The SMILES string of the molecule is CC1CCC[C@@]2(C)O[C@@H]2[C@H]2OC(=O)[C@@H](CN(C)C)[C@@H]2CC1. The molecule has 1 aliphatic carbocycles. The molecule has 0 spiro atoms. The number of fused-ring (bicyclic) bond motifs is 3. The van der Waals surface area contributed by atoms with Crippen molar-refractivity contribution < 1.29 is 14.3 Å². The zero-order valence-electron chi connectivity index (χ0n) is 13.8. The van der Waals surface area contributed by atoms with Crippen molar-refractivity contribution in [3.05, 3.63) is 0 Å². The summed E-state index contributed by atoms with van der Waals surface area (Å²) in [6.45, 7) is 5.31. The summed E-state index contributed by atoms with van der Waals surface area (Å²) in [5.41, 5.74) is -0.0484. The van der Waals surface area contributed by atoms with Crippen LogP contribution in [-0.2, 0) is 14.3 Å². The normalized spacial score (nSPS) is 46.7. The molecule has 0 aromatic heterocycles. The second-order valence-electron chi connectivity index (χ2n) is 7.86. The summed E-state index contributed by atoms with van der Waals surface area (Å²) >= 11 is 0. The van der Waals surface area contributed by atoms with Crippen molar-refractivity contribution >= 4 is 5.97 Å². The summed E-state index contributed by atoms with van der Waals surface area (Å²) < 4.78 is 11.8. The standard InChI is InChI=1S/C17H29NO3/c1-11-6-5-9-17(2)15(21-17)14-12(8-7-11)13(10-18(3)4)16(19)20-14/h11-15H,5-10H2,1-4H3/t11?,12-,13-,14-,15+,17+/m0/s1. The zero-order valence-corrected chi connectivity index (χ0v) is 13.8. The van der Waals surface area contributed by atoms with Crippen molar-refractivity contribution in [3.8, 4) is 0 Å². The molecule has 0 radical (unpaired) electrons. The van der Waals surface area contributed by atoms with Gasteiger partial charge in [0, 0.05) is 12.5 Å². The van der Waals surface area contributed by atoms with Gasteiger partial charge in [-0.1, -0.05) is 26.2 Å². The monoisotopic (exact) mass is 295 g/mol. The van der Waals surface area contributed by atoms with Crippen molar-refractivity contribution in [3.63, 3.8) is 0 Å². The first-order valence-electron chi connectivity index (χ1n) is 8.44. The Bertz CT molecular complexity index is 411. The van der Waals surface area contributed by atoms with E-state index in [1.54, 1.807) is 0 Å². The lowest BCUT2D eigenvalue weighted by atomic mass is 9.79. The van der Waals surface area contributed by atoms with E-state index in [1.165, 1.54) is 19.3 Å². The average Bonchev–Trinajstić information content (AvgIpc) is 2.97. The fraction of sp³-hybridized carbons (Fsp3) is 0.941. The van der Waals surface area contributed by atoms with E-state index in [1.807, 2.05) is 14.1 Å². The molecule has 3 rings (SSSR count). The van der Waals surface area contributed by atoms with Crippen LogP contribution in [0.2, 0.25) is 0 Å². The molecule has 0 amide bonds. The predicted molar refractivity (Wildman–Crippen MR) is 80.9 cm³/mol. The summed E-state index contributed by atoms with van der Waals surface area (Å²) in [5.74, 6) is 1.07. The minimum absolute atomic E-state index is 0.0107. The van der Waals surface area contributed by atoms with Gasteiger partial charge in [-0.05, 0) is 39.8 Å². The highest BCUT2D eigenvalue weighted by Gasteiger charge is 2.62. The first-order valence-corrected chi connectivity index (χ1v) is 8.44. The molecule has 4 nitrogen and oxygen atoms in total. The van der Waals surface area contributed by atoms with Crippen LogP contribution in [0.25, 0.3) is 0 Å². The lowest BCUT2D eigenvalue weighted by molar-refractivity contribution is -0.145. The molecule has 120 valence electrons. The molecule has 21 heavy (non-hydrogen) atoms. The topological polar surface area (TPSA) is 42.1 Å². The Hall–Kier alpha value is -0.610. The van der Waals surface area contributed by atoms with Gasteiger partial charge in [0.05, 0.1) is 11.5 Å². The second-order valence-corrected chi connectivity index (χ2v) is 7.86. The molecular formula is C17H29NO3. The number of ether oxygens (including phenoxy) is 2. The maximum absolute atomic E-state index is 12.3. The zero-order chi connectivity index (χ0) is 15.2. The Morgan fingerprint density at radius 1 is 1.29 bits per heavy atom. The highest BCUT2D eigenvalue weighted by Crippen LogP contribution is 2.50.